The van der Waals surface area contributed by atoms with Gasteiger partial charge in [-0.3, -0.25) is 0 Å². The molecule has 0 aliphatic carbocycles. The summed E-state index contributed by atoms with van der Waals surface area (Å²) in [6.07, 6.45) is 1.93. The van der Waals surface area contributed by atoms with Crippen molar-refractivity contribution in [2.24, 2.45) is 0 Å². The summed E-state index contributed by atoms with van der Waals surface area (Å²) in [4.78, 5) is 0. The quantitative estimate of drug-likeness (QED) is 0.575. The van der Waals surface area contributed by atoms with Crippen LogP contribution in [0.2, 0.25) is 0 Å². The Labute approximate surface area is 104 Å². The van der Waals surface area contributed by atoms with Gasteiger partial charge in [-0.2, -0.15) is 0 Å². The van der Waals surface area contributed by atoms with Crippen LogP contribution in [0.5, 0.6) is 5.75 Å². The van der Waals surface area contributed by atoms with E-state index in [1.807, 2.05) is 25.1 Å². The molecule has 2 nitrogen and oxygen atoms in total. The second-order valence-electron chi connectivity index (χ2n) is 3.81. The van der Waals surface area contributed by atoms with Crippen LogP contribution >= 0.6 is 0 Å². The molecule has 1 aromatic carbocycles. The number of benzene rings is 1. The van der Waals surface area contributed by atoms with Crippen molar-refractivity contribution in [3.05, 3.63) is 29.8 Å². The first-order valence-electron chi connectivity index (χ1n) is 6.19. The molecule has 0 aromatic heterocycles. The van der Waals surface area contributed by atoms with Crippen LogP contribution in [-0.4, -0.2) is 13.2 Å². The van der Waals surface area contributed by atoms with Crippen molar-refractivity contribution in [3.63, 3.8) is 0 Å². The molecule has 0 aliphatic heterocycles. The van der Waals surface area contributed by atoms with Crippen molar-refractivity contribution in [1.29, 1.82) is 0 Å². The molecule has 2 heteroatoms. The van der Waals surface area contributed by atoms with Gasteiger partial charge >= 0.3 is 0 Å². The number of hydrogen-bond acceptors (Lipinski definition) is 2. The first kappa shape index (κ1) is 13.6. The van der Waals surface area contributed by atoms with Crippen molar-refractivity contribution < 1.29 is 4.74 Å². The van der Waals surface area contributed by atoms with Gasteiger partial charge in [-0.25, -0.2) is 0 Å². The van der Waals surface area contributed by atoms with Crippen molar-refractivity contribution >= 4 is 0 Å². The Kier molecular flexibility index (Phi) is 6.93. The van der Waals surface area contributed by atoms with E-state index in [2.05, 4.69) is 30.1 Å². The molecule has 92 valence electrons. The smallest absolute Gasteiger partial charge is 0.123 e. The third kappa shape index (κ3) is 5.42. The lowest BCUT2D eigenvalue weighted by Crippen LogP contribution is -2.14. The van der Waals surface area contributed by atoms with Gasteiger partial charge in [0.15, 0.2) is 0 Å². The number of nitrogens with one attached hydrogen (secondary N) is 1. The first-order valence-corrected chi connectivity index (χ1v) is 6.19. The van der Waals surface area contributed by atoms with E-state index in [1.165, 1.54) is 5.56 Å². The Morgan fingerprint density at radius 2 is 2.12 bits per heavy atom. The third-order valence-corrected chi connectivity index (χ3v) is 2.38. The van der Waals surface area contributed by atoms with Gasteiger partial charge < -0.3 is 10.1 Å². The number of rotatable bonds is 7. The van der Waals surface area contributed by atoms with Gasteiger partial charge in [0.1, 0.15) is 5.75 Å². The Morgan fingerprint density at radius 3 is 2.88 bits per heavy atom. The molecule has 0 heterocycles. The van der Waals surface area contributed by atoms with Gasteiger partial charge in [0.2, 0.25) is 0 Å². The minimum absolute atomic E-state index is 0.658. The highest BCUT2D eigenvalue weighted by molar-refractivity contribution is 5.33. The summed E-state index contributed by atoms with van der Waals surface area (Å²) in [5, 5.41) is 3.39. The van der Waals surface area contributed by atoms with Gasteiger partial charge in [0.05, 0.1) is 6.61 Å². The van der Waals surface area contributed by atoms with E-state index in [-0.39, 0.29) is 0 Å². The maximum atomic E-state index is 5.73. The molecule has 1 rings (SSSR count). The predicted octanol–water partition coefficient (Wildman–Crippen LogP) is 2.98. The highest BCUT2D eigenvalue weighted by Crippen LogP contribution is 2.17. The zero-order chi connectivity index (χ0) is 12.3. The van der Waals surface area contributed by atoms with E-state index < -0.39 is 0 Å². The standard InChI is InChI=1S/C15H21NO/c1-3-5-8-12-17-15-10-7-6-9-14(15)13-16-11-4-2/h6-7,9-10,16H,4,8,11-13H2,1-2H3. The van der Waals surface area contributed by atoms with Crippen molar-refractivity contribution in [3.8, 4) is 17.6 Å². The molecule has 1 aromatic rings. The van der Waals surface area contributed by atoms with E-state index in [1.54, 1.807) is 0 Å². The molecule has 0 saturated carbocycles. The second-order valence-corrected chi connectivity index (χ2v) is 3.81. The molecule has 0 aliphatic rings. The molecule has 0 spiro atoms. The SMILES string of the molecule is CC#CCCOc1ccccc1CNCCC. The van der Waals surface area contributed by atoms with Gasteiger partial charge in [-0.15, -0.1) is 11.8 Å². The van der Waals surface area contributed by atoms with E-state index in [0.29, 0.717) is 6.61 Å². The normalized spacial score (nSPS) is 9.53. The lowest BCUT2D eigenvalue weighted by Gasteiger charge is -2.10. The largest absolute Gasteiger partial charge is 0.492 e. The van der Waals surface area contributed by atoms with Crippen LogP contribution in [0.4, 0.5) is 0 Å². The van der Waals surface area contributed by atoms with E-state index in [0.717, 1.165) is 31.7 Å². The van der Waals surface area contributed by atoms with Crippen molar-refractivity contribution in [1.82, 2.24) is 5.32 Å². The van der Waals surface area contributed by atoms with Crippen LogP contribution in [-0.2, 0) is 6.54 Å². The molecule has 0 amide bonds. The summed E-state index contributed by atoms with van der Waals surface area (Å²) in [5.74, 6) is 6.83. The lowest BCUT2D eigenvalue weighted by molar-refractivity contribution is 0.323. The van der Waals surface area contributed by atoms with E-state index in [4.69, 9.17) is 4.74 Å². The molecule has 1 N–H and O–H groups in total. The average Bonchev–Trinajstić information content (AvgIpc) is 2.36. The summed E-state index contributed by atoms with van der Waals surface area (Å²) in [6, 6.07) is 8.16. The second kappa shape index (κ2) is 8.66. The fourth-order valence-corrected chi connectivity index (χ4v) is 1.53. The minimum Gasteiger partial charge on any atom is -0.492 e. The molecule has 0 bridgehead atoms. The molecule has 0 saturated heterocycles. The van der Waals surface area contributed by atoms with Gasteiger partial charge in [-0.1, -0.05) is 25.1 Å². The zero-order valence-electron chi connectivity index (χ0n) is 10.8. The number of hydrogen-bond donors (Lipinski definition) is 1. The number of ether oxygens (including phenoxy) is 1. The predicted molar refractivity (Wildman–Crippen MR) is 72.0 cm³/mol. The fourth-order valence-electron chi connectivity index (χ4n) is 1.53. The molecule has 0 unspecified atom stereocenters. The topological polar surface area (TPSA) is 21.3 Å². The Bertz CT molecular complexity index is 376. The maximum Gasteiger partial charge on any atom is 0.123 e. The van der Waals surface area contributed by atoms with E-state index in [9.17, 15) is 0 Å². The van der Waals surface area contributed by atoms with Gasteiger partial charge in [-0.05, 0) is 26.0 Å². The third-order valence-electron chi connectivity index (χ3n) is 2.38. The van der Waals surface area contributed by atoms with E-state index >= 15 is 0 Å². The fraction of sp³-hybridized carbons (Fsp3) is 0.467. The highest BCUT2D eigenvalue weighted by atomic mass is 16.5. The molecule has 0 atom stereocenters. The Morgan fingerprint density at radius 1 is 1.29 bits per heavy atom. The van der Waals surface area contributed by atoms with Crippen LogP contribution in [0.3, 0.4) is 0 Å². The number of para-hydroxylation sites is 1. The summed E-state index contributed by atoms with van der Waals surface area (Å²) in [7, 11) is 0. The van der Waals surface area contributed by atoms with Gasteiger partial charge in [0.25, 0.3) is 0 Å². The van der Waals surface area contributed by atoms with Crippen molar-refractivity contribution in [2.45, 2.75) is 33.2 Å². The van der Waals surface area contributed by atoms with Crippen LogP contribution in [0.15, 0.2) is 24.3 Å². The Balaban J connectivity index is 2.47. The summed E-state index contributed by atoms with van der Waals surface area (Å²) in [5.41, 5.74) is 1.21. The lowest BCUT2D eigenvalue weighted by atomic mass is 10.2. The molecule has 0 radical (unpaired) electrons. The highest BCUT2D eigenvalue weighted by Gasteiger charge is 2.01. The summed E-state index contributed by atoms with van der Waals surface area (Å²) < 4.78 is 5.73. The monoisotopic (exact) mass is 231 g/mol. The molecular weight excluding hydrogens is 210 g/mol. The van der Waals surface area contributed by atoms with Crippen LogP contribution in [0, 0.1) is 11.8 Å². The van der Waals surface area contributed by atoms with Crippen LogP contribution in [0.25, 0.3) is 0 Å². The maximum absolute atomic E-state index is 5.73. The van der Waals surface area contributed by atoms with Crippen LogP contribution in [0.1, 0.15) is 32.3 Å². The average molecular weight is 231 g/mol. The Hall–Kier alpha value is -1.46. The molecular formula is C15H21NO. The minimum atomic E-state index is 0.658. The van der Waals surface area contributed by atoms with Gasteiger partial charge in [0, 0.05) is 18.5 Å². The van der Waals surface area contributed by atoms with Crippen molar-refractivity contribution in [2.75, 3.05) is 13.2 Å². The summed E-state index contributed by atoms with van der Waals surface area (Å²) >= 11 is 0. The molecule has 17 heavy (non-hydrogen) atoms. The molecule has 0 fully saturated rings. The summed E-state index contributed by atoms with van der Waals surface area (Å²) in [6.45, 7) is 6.58. The first-order chi connectivity index (χ1) is 8.38. The zero-order valence-corrected chi connectivity index (χ0v) is 10.8. The van der Waals surface area contributed by atoms with Crippen LogP contribution < -0.4 is 10.1 Å².